The van der Waals surface area contributed by atoms with Crippen molar-refractivity contribution in [3.8, 4) is 0 Å². The van der Waals surface area contributed by atoms with Gasteiger partial charge in [-0.15, -0.1) is 0 Å². The number of halogens is 2. The highest BCUT2D eigenvalue weighted by Gasteiger charge is 2.09. The Kier molecular flexibility index (Phi) is 4.93. The third-order valence-corrected chi connectivity index (χ3v) is 3.69. The number of aromatic nitrogens is 1. The summed E-state index contributed by atoms with van der Waals surface area (Å²) < 4.78 is 26.3. The van der Waals surface area contributed by atoms with Crippen LogP contribution in [0.2, 0.25) is 0 Å². The van der Waals surface area contributed by atoms with Crippen LogP contribution in [0.25, 0.3) is 0 Å². The van der Waals surface area contributed by atoms with Crippen molar-refractivity contribution in [3.63, 3.8) is 0 Å². The largest absolute Gasteiger partial charge is 0.354 e. The Balaban J connectivity index is 1.77. The summed E-state index contributed by atoms with van der Waals surface area (Å²) in [4.78, 5) is 16.5. The molecule has 0 aliphatic heterocycles. The summed E-state index contributed by atoms with van der Waals surface area (Å²) >= 11 is 0. The molecule has 0 bridgehead atoms. The number of pyridine rings is 1. The summed E-state index contributed by atoms with van der Waals surface area (Å²) in [6, 6.07) is 10.8. The first kappa shape index (κ1) is 17.5. The molecule has 3 aromatic rings. The van der Waals surface area contributed by atoms with E-state index in [2.05, 4.69) is 15.6 Å². The van der Waals surface area contributed by atoms with Crippen LogP contribution >= 0.6 is 0 Å². The predicted octanol–water partition coefficient (Wildman–Crippen LogP) is 4.97. The zero-order valence-electron chi connectivity index (χ0n) is 14.3. The summed E-state index contributed by atoms with van der Waals surface area (Å²) in [5.74, 6) is -2.18. The molecule has 1 heterocycles. The predicted molar refractivity (Wildman–Crippen MR) is 97.7 cm³/mol. The van der Waals surface area contributed by atoms with Gasteiger partial charge in [0.25, 0.3) is 5.91 Å². The third kappa shape index (κ3) is 4.22. The van der Waals surface area contributed by atoms with Crippen molar-refractivity contribution in [1.82, 2.24) is 4.98 Å². The molecule has 4 nitrogen and oxygen atoms in total. The van der Waals surface area contributed by atoms with Crippen LogP contribution in [0.4, 0.5) is 25.8 Å². The Morgan fingerprint density at radius 2 is 1.58 bits per heavy atom. The van der Waals surface area contributed by atoms with E-state index in [1.807, 2.05) is 32.0 Å². The molecule has 3 rings (SSSR count). The summed E-state index contributed by atoms with van der Waals surface area (Å²) in [5, 5.41) is 5.73. The van der Waals surface area contributed by atoms with Crippen LogP contribution in [0.5, 0.6) is 0 Å². The molecule has 6 heteroatoms. The van der Waals surface area contributed by atoms with E-state index in [9.17, 15) is 13.6 Å². The highest BCUT2D eigenvalue weighted by molar-refractivity contribution is 6.04. The average molecular weight is 353 g/mol. The highest BCUT2D eigenvalue weighted by Crippen LogP contribution is 2.20. The molecule has 1 amide bonds. The Hall–Kier alpha value is -3.28. The number of anilines is 3. The van der Waals surface area contributed by atoms with Crippen molar-refractivity contribution < 1.29 is 13.6 Å². The van der Waals surface area contributed by atoms with E-state index in [-0.39, 0.29) is 5.91 Å². The molecule has 2 N–H and O–H groups in total. The molecule has 0 unspecified atom stereocenters. The van der Waals surface area contributed by atoms with E-state index in [4.69, 9.17) is 0 Å². The third-order valence-electron chi connectivity index (χ3n) is 3.69. The van der Waals surface area contributed by atoms with Crippen molar-refractivity contribution in [2.45, 2.75) is 13.8 Å². The first-order chi connectivity index (χ1) is 12.4. The molecule has 26 heavy (non-hydrogen) atoms. The number of benzene rings is 2. The standard InChI is InChI=1S/C20H17F2N3O/c1-12-5-13(2)7-16(6-12)25-20(26)14-8-17(11-23-10-14)24-15-3-4-18(21)19(22)9-15/h3-11,24H,1-2H3,(H,25,26). The van der Waals surface area contributed by atoms with Gasteiger partial charge < -0.3 is 10.6 Å². The number of carbonyl (C=O) groups excluding carboxylic acids is 1. The molecule has 0 aliphatic rings. The molecule has 0 radical (unpaired) electrons. The second-order valence-electron chi connectivity index (χ2n) is 6.05. The Morgan fingerprint density at radius 1 is 0.846 bits per heavy atom. The summed E-state index contributed by atoms with van der Waals surface area (Å²) in [7, 11) is 0. The van der Waals surface area contributed by atoms with E-state index in [0.29, 0.717) is 22.6 Å². The number of amides is 1. The van der Waals surface area contributed by atoms with Crippen LogP contribution in [-0.2, 0) is 0 Å². The molecule has 2 aromatic carbocycles. The minimum absolute atomic E-state index is 0.309. The van der Waals surface area contributed by atoms with Gasteiger partial charge in [-0.1, -0.05) is 6.07 Å². The minimum Gasteiger partial charge on any atom is -0.354 e. The maximum atomic E-state index is 13.3. The van der Waals surface area contributed by atoms with Gasteiger partial charge in [-0.05, 0) is 55.3 Å². The molecule has 0 aliphatic carbocycles. The van der Waals surface area contributed by atoms with Crippen molar-refractivity contribution in [1.29, 1.82) is 0 Å². The number of hydrogen-bond donors (Lipinski definition) is 2. The maximum Gasteiger partial charge on any atom is 0.257 e. The molecule has 132 valence electrons. The molecule has 0 saturated carbocycles. The topological polar surface area (TPSA) is 54.0 Å². The van der Waals surface area contributed by atoms with E-state index in [0.717, 1.165) is 23.3 Å². The van der Waals surface area contributed by atoms with Gasteiger partial charge in [0.15, 0.2) is 11.6 Å². The van der Waals surface area contributed by atoms with Gasteiger partial charge in [0, 0.05) is 23.6 Å². The van der Waals surface area contributed by atoms with Crippen molar-refractivity contribution in [2.24, 2.45) is 0 Å². The lowest BCUT2D eigenvalue weighted by molar-refractivity contribution is 0.102. The van der Waals surface area contributed by atoms with E-state index >= 15 is 0 Å². The fourth-order valence-electron chi connectivity index (χ4n) is 2.62. The maximum absolute atomic E-state index is 13.3. The summed E-state index contributed by atoms with van der Waals surface area (Å²) in [6.07, 6.45) is 2.93. The zero-order chi connectivity index (χ0) is 18.7. The lowest BCUT2D eigenvalue weighted by Gasteiger charge is -2.10. The Labute approximate surface area is 149 Å². The van der Waals surface area contributed by atoms with Crippen LogP contribution < -0.4 is 10.6 Å². The van der Waals surface area contributed by atoms with Gasteiger partial charge in [0.05, 0.1) is 17.4 Å². The zero-order valence-corrected chi connectivity index (χ0v) is 14.3. The number of nitrogens with one attached hydrogen (secondary N) is 2. The lowest BCUT2D eigenvalue weighted by atomic mass is 10.1. The minimum atomic E-state index is -0.952. The van der Waals surface area contributed by atoms with Gasteiger partial charge in [0.1, 0.15) is 0 Å². The molecule has 0 spiro atoms. The monoisotopic (exact) mass is 353 g/mol. The molecule has 0 atom stereocenters. The quantitative estimate of drug-likeness (QED) is 0.696. The molecule has 0 fully saturated rings. The van der Waals surface area contributed by atoms with Gasteiger partial charge >= 0.3 is 0 Å². The van der Waals surface area contributed by atoms with Gasteiger partial charge in [0.2, 0.25) is 0 Å². The molecular weight excluding hydrogens is 336 g/mol. The number of aryl methyl sites for hydroxylation is 2. The first-order valence-electron chi connectivity index (χ1n) is 7.97. The SMILES string of the molecule is Cc1cc(C)cc(NC(=O)c2cncc(Nc3ccc(F)c(F)c3)c2)c1. The van der Waals surface area contributed by atoms with Crippen LogP contribution in [0.1, 0.15) is 21.5 Å². The number of rotatable bonds is 4. The number of nitrogens with zero attached hydrogens (tertiary/aromatic N) is 1. The highest BCUT2D eigenvalue weighted by atomic mass is 19.2. The Bertz CT molecular complexity index is 953. The summed E-state index contributed by atoms with van der Waals surface area (Å²) in [5.41, 5.74) is 3.99. The van der Waals surface area contributed by atoms with Crippen LogP contribution in [-0.4, -0.2) is 10.9 Å². The first-order valence-corrected chi connectivity index (χ1v) is 7.97. The van der Waals surface area contributed by atoms with Crippen molar-refractivity contribution >= 4 is 23.0 Å². The van der Waals surface area contributed by atoms with E-state index < -0.39 is 11.6 Å². The smallest absolute Gasteiger partial charge is 0.257 e. The molecule has 0 saturated heterocycles. The second kappa shape index (κ2) is 7.31. The normalized spacial score (nSPS) is 10.5. The van der Waals surface area contributed by atoms with Crippen molar-refractivity contribution in [3.05, 3.63) is 83.2 Å². The fourth-order valence-corrected chi connectivity index (χ4v) is 2.62. The summed E-state index contributed by atoms with van der Waals surface area (Å²) in [6.45, 7) is 3.91. The molecular formula is C20H17F2N3O. The van der Waals surface area contributed by atoms with Crippen LogP contribution in [0.3, 0.4) is 0 Å². The van der Waals surface area contributed by atoms with E-state index in [1.54, 1.807) is 6.07 Å². The van der Waals surface area contributed by atoms with Crippen LogP contribution in [0.15, 0.2) is 54.9 Å². The Morgan fingerprint density at radius 3 is 2.27 bits per heavy atom. The second-order valence-corrected chi connectivity index (χ2v) is 6.05. The van der Waals surface area contributed by atoms with Crippen molar-refractivity contribution in [2.75, 3.05) is 10.6 Å². The number of carbonyl (C=O) groups is 1. The van der Waals surface area contributed by atoms with E-state index in [1.165, 1.54) is 18.5 Å². The van der Waals surface area contributed by atoms with Crippen LogP contribution in [0, 0.1) is 25.5 Å². The van der Waals surface area contributed by atoms with Gasteiger partial charge in [-0.3, -0.25) is 9.78 Å². The fraction of sp³-hybridized carbons (Fsp3) is 0.100. The van der Waals surface area contributed by atoms with Gasteiger partial charge in [-0.2, -0.15) is 0 Å². The number of hydrogen-bond acceptors (Lipinski definition) is 3. The van der Waals surface area contributed by atoms with Gasteiger partial charge in [-0.25, -0.2) is 8.78 Å². The lowest BCUT2D eigenvalue weighted by Crippen LogP contribution is -2.12. The average Bonchev–Trinajstić information content (AvgIpc) is 2.57. The molecule has 1 aromatic heterocycles.